The zero-order valence-electron chi connectivity index (χ0n) is 13.1. The van der Waals surface area contributed by atoms with Gasteiger partial charge in [0.25, 0.3) is 0 Å². The highest BCUT2D eigenvalue weighted by molar-refractivity contribution is 7.98. The normalized spacial score (nSPS) is 12.0. The number of rotatable bonds is 7. The Balaban J connectivity index is 1.88. The van der Waals surface area contributed by atoms with E-state index in [1.807, 2.05) is 37.4 Å². The van der Waals surface area contributed by atoms with Gasteiger partial charge < -0.3 is 9.47 Å². The molecule has 0 saturated carbocycles. The molecule has 0 aromatic heterocycles. The van der Waals surface area contributed by atoms with Gasteiger partial charge in [-0.15, -0.1) is 11.8 Å². The number of thioether (sulfide) groups is 1. The summed E-state index contributed by atoms with van der Waals surface area (Å²) >= 11 is 1.70. The van der Waals surface area contributed by atoms with Crippen LogP contribution in [0.5, 0.6) is 11.5 Å². The van der Waals surface area contributed by atoms with Crippen molar-refractivity contribution >= 4 is 11.8 Å². The van der Waals surface area contributed by atoms with E-state index in [0.717, 1.165) is 12.2 Å². The smallest absolute Gasteiger partial charge is 0.130 e. The molecule has 0 aliphatic heterocycles. The summed E-state index contributed by atoms with van der Waals surface area (Å²) in [5.41, 5.74) is 0.689. The molecule has 4 heteroatoms. The standard InChI is InChI=1S/C18H21FO2S/c1-13(21-15-8-10-17(22-3)11-9-15)4-5-14-6-7-16(20-2)12-18(14)19/h6-13H,4-5H2,1-3H3. The summed E-state index contributed by atoms with van der Waals surface area (Å²) in [5.74, 6) is 1.16. The molecule has 0 saturated heterocycles. The summed E-state index contributed by atoms with van der Waals surface area (Å²) in [6, 6.07) is 13.0. The molecule has 0 aliphatic carbocycles. The zero-order chi connectivity index (χ0) is 15.9. The molecule has 1 unspecified atom stereocenters. The van der Waals surface area contributed by atoms with Gasteiger partial charge in [-0.3, -0.25) is 0 Å². The Hall–Kier alpha value is -1.68. The Labute approximate surface area is 135 Å². The molecule has 0 spiro atoms. The van der Waals surface area contributed by atoms with Gasteiger partial charge in [-0.1, -0.05) is 6.07 Å². The van der Waals surface area contributed by atoms with Gasteiger partial charge >= 0.3 is 0 Å². The van der Waals surface area contributed by atoms with Crippen LogP contribution in [0, 0.1) is 5.82 Å². The van der Waals surface area contributed by atoms with Crippen LogP contribution in [0.2, 0.25) is 0 Å². The molecule has 1 atom stereocenters. The van der Waals surface area contributed by atoms with E-state index in [-0.39, 0.29) is 11.9 Å². The van der Waals surface area contributed by atoms with Crippen LogP contribution < -0.4 is 9.47 Å². The molecule has 2 aromatic carbocycles. The van der Waals surface area contributed by atoms with E-state index in [0.29, 0.717) is 17.7 Å². The number of methoxy groups -OCH3 is 1. The first kappa shape index (κ1) is 16.7. The van der Waals surface area contributed by atoms with E-state index < -0.39 is 0 Å². The minimum absolute atomic E-state index is 0.0293. The van der Waals surface area contributed by atoms with Crippen molar-refractivity contribution in [1.82, 2.24) is 0 Å². The second-order valence-corrected chi connectivity index (χ2v) is 5.98. The average molecular weight is 320 g/mol. The Kier molecular flexibility index (Phi) is 6.13. The Morgan fingerprint density at radius 1 is 1.09 bits per heavy atom. The first-order valence-electron chi connectivity index (χ1n) is 7.25. The minimum atomic E-state index is -0.226. The predicted molar refractivity (Wildman–Crippen MR) is 89.6 cm³/mol. The lowest BCUT2D eigenvalue weighted by Crippen LogP contribution is -2.13. The average Bonchev–Trinajstić information content (AvgIpc) is 2.54. The Morgan fingerprint density at radius 3 is 2.36 bits per heavy atom. The van der Waals surface area contributed by atoms with Crippen molar-refractivity contribution in [3.63, 3.8) is 0 Å². The van der Waals surface area contributed by atoms with Crippen molar-refractivity contribution in [2.24, 2.45) is 0 Å². The van der Waals surface area contributed by atoms with E-state index in [1.165, 1.54) is 18.1 Å². The van der Waals surface area contributed by atoms with Gasteiger partial charge in [0.2, 0.25) is 0 Å². The monoisotopic (exact) mass is 320 g/mol. The first-order chi connectivity index (χ1) is 10.6. The number of ether oxygens (including phenoxy) is 2. The molecule has 0 heterocycles. The maximum absolute atomic E-state index is 13.9. The van der Waals surface area contributed by atoms with Gasteiger partial charge in [-0.25, -0.2) is 4.39 Å². The SMILES string of the molecule is COc1ccc(CCC(C)Oc2ccc(SC)cc2)c(F)c1. The lowest BCUT2D eigenvalue weighted by molar-refractivity contribution is 0.211. The Bertz CT molecular complexity index is 599. The highest BCUT2D eigenvalue weighted by Gasteiger charge is 2.09. The molecule has 118 valence electrons. The highest BCUT2D eigenvalue weighted by atomic mass is 32.2. The second kappa shape index (κ2) is 8.08. The molecular weight excluding hydrogens is 299 g/mol. The summed E-state index contributed by atoms with van der Waals surface area (Å²) < 4.78 is 24.7. The highest BCUT2D eigenvalue weighted by Crippen LogP contribution is 2.22. The first-order valence-corrected chi connectivity index (χ1v) is 8.48. The molecule has 0 aliphatic rings. The summed E-state index contributed by atoms with van der Waals surface area (Å²) in [6.07, 6.45) is 3.47. The second-order valence-electron chi connectivity index (χ2n) is 5.10. The van der Waals surface area contributed by atoms with Crippen molar-refractivity contribution in [2.45, 2.75) is 30.8 Å². The Morgan fingerprint density at radius 2 is 1.77 bits per heavy atom. The quantitative estimate of drug-likeness (QED) is 0.672. The topological polar surface area (TPSA) is 18.5 Å². The fourth-order valence-corrected chi connectivity index (χ4v) is 2.57. The van der Waals surface area contributed by atoms with Crippen LogP contribution in [0.15, 0.2) is 47.4 Å². The summed E-state index contributed by atoms with van der Waals surface area (Å²) in [7, 11) is 1.53. The molecule has 2 nitrogen and oxygen atoms in total. The van der Waals surface area contributed by atoms with Gasteiger partial charge in [0, 0.05) is 11.0 Å². The summed E-state index contributed by atoms with van der Waals surface area (Å²) in [4.78, 5) is 1.21. The maximum atomic E-state index is 13.9. The third-order valence-electron chi connectivity index (χ3n) is 3.48. The fraction of sp³-hybridized carbons (Fsp3) is 0.333. The van der Waals surface area contributed by atoms with Gasteiger partial charge in [0.05, 0.1) is 13.2 Å². The van der Waals surface area contributed by atoms with Crippen LogP contribution in [0.1, 0.15) is 18.9 Å². The lowest BCUT2D eigenvalue weighted by atomic mass is 10.1. The van der Waals surface area contributed by atoms with Crippen molar-refractivity contribution in [3.8, 4) is 11.5 Å². The molecule has 0 fully saturated rings. The van der Waals surface area contributed by atoms with E-state index in [1.54, 1.807) is 23.9 Å². The van der Waals surface area contributed by atoms with E-state index in [4.69, 9.17) is 9.47 Å². The number of benzene rings is 2. The maximum Gasteiger partial charge on any atom is 0.130 e. The van der Waals surface area contributed by atoms with Crippen molar-refractivity contribution in [3.05, 3.63) is 53.8 Å². The van der Waals surface area contributed by atoms with E-state index >= 15 is 0 Å². The number of halogens is 1. The molecular formula is C18H21FO2S. The van der Waals surface area contributed by atoms with Gasteiger partial charge in [0.15, 0.2) is 0 Å². The van der Waals surface area contributed by atoms with Crippen LogP contribution in [0.3, 0.4) is 0 Å². The third kappa shape index (κ3) is 4.67. The number of hydrogen-bond donors (Lipinski definition) is 0. The van der Waals surface area contributed by atoms with Crippen molar-refractivity contribution in [2.75, 3.05) is 13.4 Å². The van der Waals surface area contributed by atoms with Crippen LogP contribution in [-0.4, -0.2) is 19.5 Å². The molecule has 0 bridgehead atoms. The molecule has 0 amide bonds. The van der Waals surface area contributed by atoms with Crippen LogP contribution in [0.4, 0.5) is 4.39 Å². The molecule has 2 rings (SSSR count). The van der Waals surface area contributed by atoms with E-state index in [9.17, 15) is 4.39 Å². The van der Waals surface area contributed by atoms with Gasteiger partial charge in [-0.2, -0.15) is 0 Å². The lowest BCUT2D eigenvalue weighted by Gasteiger charge is -2.15. The number of aryl methyl sites for hydroxylation is 1. The van der Waals surface area contributed by atoms with E-state index in [2.05, 4.69) is 0 Å². The zero-order valence-corrected chi connectivity index (χ0v) is 14.0. The third-order valence-corrected chi connectivity index (χ3v) is 4.22. The van der Waals surface area contributed by atoms with Crippen LogP contribution in [0.25, 0.3) is 0 Å². The molecule has 2 aromatic rings. The molecule has 0 radical (unpaired) electrons. The molecule has 0 N–H and O–H groups in total. The van der Waals surface area contributed by atoms with Gasteiger partial charge in [0.1, 0.15) is 17.3 Å². The van der Waals surface area contributed by atoms with Crippen molar-refractivity contribution < 1.29 is 13.9 Å². The van der Waals surface area contributed by atoms with Crippen LogP contribution >= 0.6 is 11.8 Å². The van der Waals surface area contributed by atoms with Gasteiger partial charge in [-0.05, 0) is 61.9 Å². The fourth-order valence-electron chi connectivity index (χ4n) is 2.16. The largest absolute Gasteiger partial charge is 0.497 e. The summed E-state index contributed by atoms with van der Waals surface area (Å²) in [5, 5.41) is 0. The predicted octanol–water partition coefficient (Wildman–Crippen LogP) is 4.96. The number of hydrogen-bond acceptors (Lipinski definition) is 3. The molecule has 22 heavy (non-hydrogen) atoms. The minimum Gasteiger partial charge on any atom is -0.497 e. The van der Waals surface area contributed by atoms with Crippen LogP contribution in [-0.2, 0) is 6.42 Å². The van der Waals surface area contributed by atoms with Crippen molar-refractivity contribution in [1.29, 1.82) is 0 Å². The summed E-state index contributed by atoms with van der Waals surface area (Å²) in [6.45, 7) is 2.00.